The first-order valence-electron chi connectivity index (χ1n) is 9.42. The van der Waals surface area contributed by atoms with Crippen LogP contribution >= 0.6 is 0 Å². The normalized spacial score (nSPS) is 21.7. The van der Waals surface area contributed by atoms with Crippen molar-refractivity contribution in [3.63, 3.8) is 0 Å². The van der Waals surface area contributed by atoms with Crippen LogP contribution in [0.2, 0.25) is 0 Å². The van der Waals surface area contributed by atoms with E-state index in [1.165, 1.54) is 16.7 Å². The van der Waals surface area contributed by atoms with Gasteiger partial charge in [0, 0.05) is 26.0 Å². The number of carbonyl (C=O) groups is 1. The van der Waals surface area contributed by atoms with E-state index in [0.717, 1.165) is 37.7 Å². The van der Waals surface area contributed by atoms with Crippen LogP contribution in [0.4, 0.5) is 4.79 Å². The second-order valence-corrected chi connectivity index (χ2v) is 9.48. The van der Waals surface area contributed by atoms with Crippen molar-refractivity contribution in [2.24, 2.45) is 5.92 Å². The van der Waals surface area contributed by atoms with Crippen LogP contribution < -0.4 is 0 Å². The maximum Gasteiger partial charge on any atom is 0.407 e. The molecule has 1 aromatic rings. The van der Waals surface area contributed by atoms with Gasteiger partial charge < -0.3 is 14.7 Å². The van der Waals surface area contributed by atoms with Gasteiger partial charge in [-0.2, -0.15) is 0 Å². The number of sulfone groups is 1. The van der Waals surface area contributed by atoms with Crippen LogP contribution in [-0.4, -0.2) is 56.6 Å². The molecular weight excluding hydrogens is 366 g/mol. The number of nitrogens with zero attached hydrogens (tertiary/aromatic N) is 1. The average Bonchev–Trinajstić information content (AvgIpc) is 2.66. The molecule has 1 heterocycles. The van der Waals surface area contributed by atoms with Crippen molar-refractivity contribution in [1.82, 2.24) is 4.90 Å². The maximum atomic E-state index is 11.6. The third-order valence-electron chi connectivity index (χ3n) is 5.47. The molecule has 2 aliphatic rings. The van der Waals surface area contributed by atoms with Crippen LogP contribution in [0.3, 0.4) is 0 Å². The van der Waals surface area contributed by atoms with Crippen LogP contribution in [0, 0.1) is 5.92 Å². The Bertz CT molecular complexity index is 792. The molecule has 3 rings (SSSR count). The lowest BCUT2D eigenvalue weighted by molar-refractivity contribution is 0.0101. The van der Waals surface area contributed by atoms with Gasteiger partial charge in [-0.05, 0) is 61.3 Å². The van der Waals surface area contributed by atoms with Gasteiger partial charge in [0.05, 0.1) is 11.0 Å². The fraction of sp³-hybridized carbons (Fsp3) is 0.550. The second-order valence-electron chi connectivity index (χ2n) is 7.47. The van der Waals surface area contributed by atoms with Crippen LogP contribution in [0.5, 0.6) is 0 Å². The fourth-order valence-corrected chi connectivity index (χ4v) is 4.33. The molecule has 0 aromatic heterocycles. The van der Waals surface area contributed by atoms with E-state index in [2.05, 4.69) is 6.08 Å². The Hall–Kier alpha value is -1.86. The van der Waals surface area contributed by atoms with Gasteiger partial charge in [-0.1, -0.05) is 18.2 Å². The van der Waals surface area contributed by atoms with E-state index in [-0.39, 0.29) is 6.10 Å². The summed E-state index contributed by atoms with van der Waals surface area (Å²) >= 11 is 0. The van der Waals surface area contributed by atoms with Gasteiger partial charge in [0.1, 0.15) is 0 Å². The van der Waals surface area contributed by atoms with E-state index in [1.54, 1.807) is 12.1 Å². The molecule has 6 nitrogen and oxygen atoms in total. The molecule has 1 unspecified atom stereocenters. The van der Waals surface area contributed by atoms with Crippen molar-refractivity contribution >= 4 is 21.5 Å². The number of allylic oxidation sites excluding steroid dienone is 1. The number of rotatable bonds is 5. The number of ether oxygens (including phenoxy) is 1. The number of likely N-dealkylation sites (tertiary alicyclic amines) is 1. The molecule has 1 N–H and O–H groups in total. The summed E-state index contributed by atoms with van der Waals surface area (Å²) < 4.78 is 29.2. The molecule has 1 atom stereocenters. The molecule has 0 saturated carbocycles. The van der Waals surface area contributed by atoms with E-state index >= 15 is 0 Å². The second kappa shape index (κ2) is 8.44. The Morgan fingerprint density at radius 3 is 2.37 bits per heavy atom. The highest BCUT2D eigenvalue weighted by molar-refractivity contribution is 7.90. The minimum absolute atomic E-state index is 0.210. The van der Waals surface area contributed by atoms with Gasteiger partial charge in [0.25, 0.3) is 0 Å². The Labute approximate surface area is 160 Å². The zero-order valence-electron chi connectivity index (χ0n) is 15.6. The Morgan fingerprint density at radius 1 is 1.19 bits per heavy atom. The summed E-state index contributed by atoms with van der Waals surface area (Å²) in [6.45, 7) is 1.90. The molecule has 0 radical (unpaired) electrons. The lowest BCUT2D eigenvalue weighted by Crippen LogP contribution is -2.38. The van der Waals surface area contributed by atoms with Gasteiger partial charge in [-0.3, -0.25) is 0 Å². The quantitative estimate of drug-likeness (QED) is 0.828. The summed E-state index contributed by atoms with van der Waals surface area (Å²) in [6, 6.07) is 7.08. The standard InChI is InChI=1S/C20H27NO5S/c1-27(24,25)19-8-4-17(5-9-19)16-2-6-18(7-3-16)26-14-15-10-12-21(13-11-15)20(22)23/h2,4-5,8-9,15,18H,3,6-7,10-14H2,1H3,(H,22,23). The molecule has 1 aromatic carbocycles. The average molecular weight is 394 g/mol. The molecule has 148 valence electrons. The summed E-state index contributed by atoms with van der Waals surface area (Å²) in [6.07, 6.45) is 7.25. The van der Waals surface area contributed by atoms with Crippen LogP contribution in [0.25, 0.3) is 5.57 Å². The predicted octanol–water partition coefficient (Wildman–Crippen LogP) is 3.43. The Morgan fingerprint density at radius 2 is 1.85 bits per heavy atom. The fourth-order valence-electron chi connectivity index (χ4n) is 3.70. The van der Waals surface area contributed by atoms with Gasteiger partial charge in [0.15, 0.2) is 9.84 Å². The SMILES string of the molecule is CS(=O)(=O)c1ccc(C2=CCC(OCC3CCN(C(=O)O)CC3)CC2)cc1. The van der Waals surface area contributed by atoms with Gasteiger partial charge in [-0.25, -0.2) is 13.2 Å². The number of hydrogen-bond acceptors (Lipinski definition) is 4. The van der Waals surface area contributed by atoms with E-state index in [4.69, 9.17) is 9.84 Å². The van der Waals surface area contributed by atoms with Crippen LogP contribution in [-0.2, 0) is 14.6 Å². The summed E-state index contributed by atoms with van der Waals surface area (Å²) in [5.74, 6) is 0.439. The molecule has 1 aliphatic carbocycles. The molecule has 1 fully saturated rings. The van der Waals surface area contributed by atoms with Crippen molar-refractivity contribution in [1.29, 1.82) is 0 Å². The van der Waals surface area contributed by atoms with E-state index in [9.17, 15) is 13.2 Å². The number of carboxylic acid groups (broad SMARTS) is 1. The first-order chi connectivity index (χ1) is 12.8. The van der Waals surface area contributed by atoms with Crippen molar-refractivity contribution in [2.45, 2.75) is 43.1 Å². The Kier molecular flexibility index (Phi) is 6.22. The number of benzene rings is 1. The first-order valence-corrected chi connectivity index (χ1v) is 11.3. The van der Waals surface area contributed by atoms with Gasteiger partial charge >= 0.3 is 6.09 Å². The molecule has 0 bridgehead atoms. The molecule has 1 aliphatic heterocycles. The number of piperidine rings is 1. The summed E-state index contributed by atoms with van der Waals surface area (Å²) in [7, 11) is -3.16. The minimum atomic E-state index is -3.16. The molecular formula is C20H27NO5S. The molecule has 1 saturated heterocycles. The topological polar surface area (TPSA) is 83.9 Å². The van der Waals surface area contributed by atoms with Crippen molar-refractivity contribution in [3.8, 4) is 0 Å². The zero-order valence-corrected chi connectivity index (χ0v) is 16.5. The van der Waals surface area contributed by atoms with Gasteiger partial charge in [-0.15, -0.1) is 0 Å². The highest BCUT2D eigenvalue weighted by atomic mass is 32.2. The zero-order chi connectivity index (χ0) is 19.4. The Balaban J connectivity index is 1.47. The minimum Gasteiger partial charge on any atom is -0.465 e. The number of hydrogen-bond donors (Lipinski definition) is 1. The van der Waals surface area contributed by atoms with Crippen LogP contribution in [0.1, 0.15) is 37.7 Å². The molecule has 0 spiro atoms. The molecule has 1 amide bonds. The molecule has 7 heteroatoms. The monoisotopic (exact) mass is 393 g/mol. The van der Waals surface area contributed by atoms with Gasteiger partial charge in [0.2, 0.25) is 0 Å². The summed E-state index contributed by atoms with van der Waals surface area (Å²) in [4.78, 5) is 12.8. The van der Waals surface area contributed by atoms with E-state index in [1.807, 2.05) is 12.1 Å². The molecule has 27 heavy (non-hydrogen) atoms. The van der Waals surface area contributed by atoms with E-state index < -0.39 is 15.9 Å². The maximum absolute atomic E-state index is 11.6. The largest absolute Gasteiger partial charge is 0.465 e. The van der Waals surface area contributed by atoms with Crippen molar-refractivity contribution in [2.75, 3.05) is 26.0 Å². The van der Waals surface area contributed by atoms with Crippen molar-refractivity contribution < 1.29 is 23.1 Å². The lowest BCUT2D eigenvalue weighted by Gasteiger charge is -2.31. The van der Waals surface area contributed by atoms with Crippen LogP contribution in [0.15, 0.2) is 35.2 Å². The third-order valence-corrected chi connectivity index (χ3v) is 6.60. The smallest absolute Gasteiger partial charge is 0.407 e. The first kappa shape index (κ1) is 19.9. The third kappa shape index (κ3) is 5.32. The highest BCUT2D eigenvalue weighted by Gasteiger charge is 2.24. The summed E-state index contributed by atoms with van der Waals surface area (Å²) in [5, 5.41) is 8.99. The summed E-state index contributed by atoms with van der Waals surface area (Å²) in [5.41, 5.74) is 2.31. The predicted molar refractivity (Wildman–Crippen MR) is 103 cm³/mol. The highest BCUT2D eigenvalue weighted by Crippen LogP contribution is 2.30. The number of amides is 1. The lowest BCUT2D eigenvalue weighted by atomic mass is 9.92. The van der Waals surface area contributed by atoms with E-state index in [0.29, 0.717) is 30.5 Å². The van der Waals surface area contributed by atoms with Crippen molar-refractivity contribution in [3.05, 3.63) is 35.9 Å².